The van der Waals surface area contributed by atoms with Gasteiger partial charge in [0.15, 0.2) is 23.2 Å². The van der Waals surface area contributed by atoms with Crippen LogP contribution >= 0.6 is 27.5 Å². The van der Waals surface area contributed by atoms with Crippen molar-refractivity contribution in [1.82, 2.24) is 0 Å². The lowest BCUT2D eigenvalue weighted by Gasteiger charge is -2.29. The molecule has 0 bridgehead atoms. The van der Waals surface area contributed by atoms with Crippen molar-refractivity contribution in [2.75, 3.05) is 28.4 Å². The number of carbonyl (C=O) groups is 1. The Morgan fingerprint density at radius 1 is 1.16 bits per heavy atom. The van der Waals surface area contributed by atoms with Crippen LogP contribution < -0.4 is 14.2 Å². The van der Waals surface area contributed by atoms with Gasteiger partial charge in [-0.05, 0) is 18.6 Å². The first-order valence-electron chi connectivity index (χ1n) is 7.34. The molecule has 136 valence electrons. The van der Waals surface area contributed by atoms with Gasteiger partial charge in [-0.15, -0.1) is 11.6 Å². The minimum atomic E-state index is -1.38. The van der Waals surface area contributed by atoms with Crippen molar-refractivity contribution in [2.24, 2.45) is 4.99 Å². The van der Waals surface area contributed by atoms with E-state index < -0.39 is 4.87 Å². The molecule has 0 spiro atoms. The number of allylic oxidation sites excluding steroid dienone is 1. The number of methoxy groups -OCH3 is 4. The van der Waals surface area contributed by atoms with Crippen molar-refractivity contribution < 1.29 is 23.7 Å². The Bertz CT molecular complexity index is 762. The zero-order valence-corrected chi connectivity index (χ0v) is 16.9. The van der Waals surface area contributed by atoms with Crippen LogP contribution in [0, 0.1) is 6.92 Å². The Morgan fingerprint density at radius 3 is 2.32 bits per heavy atom. The fourth-order valence-electron chi connectivity index (χ4n) is 2.64. The Morgan fingerprint density at radius 2 is 1.80 bits per heavy atom. The summed E-state index contributed by atoms with van der Waals surface area (Å²) >= 11 is 10.1. The van der Waals surface area contributed by atoms with Crippen molar-refractivity contribution >= 4 is 39.2 Å². The summed E-state index contributed by atoms with van der Waals surface area (Å²) in [5.74, 6) is 1.08. The molecule has 0 aromatic heterocycles. The quantitative estimate of drug-likeness (QED) is 0.522. The normalized spacial score (nSPS) is 19.6. The number of halogens is 2. The van der Waals surface area contributed by atoms with Gasteiger partial charge in [0.2, 0.25) is 5.75 Å². The molecule has 0 radical (unpaired) electrons. The zero-order valence-electron chi connectivity index (χ0n) is 14.6. The molecule has 0 N–H and O–H groups in total. The molecule has 0 saturated heterocycles. The Hall–Kier alpha value is -1.73. The van der Waals surface area contributed by atoms with Gasteiger partial charge in [0.1, 0.15) is 4.87 Å². The monoisotopic (exact) mass is 431 g/mol. The lowest BCUT2D eigenvalue weighted by Crippen LogP contribution is -2.38. The molecule has 1 unspecified atom stereocenters. The fourth-order valence-corrected chi connectivity index (χ4v) is 3.32. The number of hydrogen-bond donors (Lipinski definition) is 0. The van der Waals surface area contributed by atoms with E-state index in [0.717, 1.165) is 0 Å². The van der Waals surface area contributed by atoms with Crippen molar-refractivity contribution in [3.05, 3.63) is 27.9 Å². The average Bonchev–Trinajstić information content (AvgIpc) is 2.62. The molecular formula is C17H19BrClNO5. The average molecular weight is 433 g/mol. The number of Topliss-reactive ketones (excluding diaryl/α,β-unsaturated/α-hetero) is 1. The van der Waals surface area contributed by atoms with Crippen molar-refractivity contribution in [3.63, 3.8) is 0 Å². The van der Waals surface area contributed by atoms with Crippen LogP contribution in [0.1, 0.15) is 22.3 Å². The second-order valence-electron chi connectivity index (χ2n) is 5.35. The van der Waals surface area contributed by atoms with Crippen LogP contribution in [0.5, 0.6) is 17.2 Å². The molecule has 1 heterocycles. The van der Waals surface area contributed by atoms with Crippen molar-refractivity contribution in [1.29, 1.82) is 0 Å². The van der Waals surface area contributed by atoms with E-state index in [0.29, 0.717) is 33.0 Å². The smallest absolute Gasteiger partial charge is 0.204 e. The summed E-state index contributed by atoms with van der Waals surface area (Å²) in [6.07, 6.45) is 1.58. The summed E-state index contributed by atoms with van der Waals surface area (Å²) in [5.41, 5.74) is 0.971. The van der Waals surface area contributed by atoms with Gasteiger partial charge in [-0.3, -0.25) is 4.79 Å². The van der Waals surface area contributed by atoms with Gasteiger partial charge < -0.3 is 18.9 Å². The third kappa shape index (κ3) is 3.35. The number of ketones is 1. The van der Waals surface area contributed by atoms with Crippen molar-refractivity contribution in [2.45, 2.75) is 18.2 Å². The number of aryl methyl sites for hydroxylation is 1. The first-order chi connectivity index (χ1) is 11.8. The third-order valence-electron chi connectivity index (χ3n) is 3.95. The maximum atomic E-state index is 13.4. The third-order valence-corrected chi connectivity index (χ3v) is 5.56. The van der Waals surface area contributed by atoms with E-state index in [1.807, 2.05) is 0 Å². The van der Waals surface area contributed by atoms with Gasteiger partial charge in [0.25, 0.3) is 0 Å². The van der Waals surface area contributed by atoms with Gasteiger partial charge in [0, 0.05) is 10.7 Å². The maximum absolute atomic E-state index is 13.4. The molecule has 0 amide bonds. The molecule has 0 saturated carbocycles. The molecule has 0 fully saturated rings. The molecule has 25 heavy (non-hydrogen) atoms. The van der Waals surface area contributed by atoms with E-state index in [1.54, 1.807) is 13.0 Å². The second-order valence-corrected chi connectivity index (χ2v) is 6.85. The standard InChI is InChI=1S/C17H19BrClNO5/c1-9-6-10(22-2)14(24-4)15(25-5)13(9)16(21)17(19)7-12(23-3)20-8-11(17)18/h6,8H,7H2,1-5H3. The Kier molecular flexibility index (Phi) is 6.00. The fraction of sp³-hybridized carbons (Fsp3) is 0.412. The van der Waals surface area contributed by atoms with E-state index in [4.69, 9.17) is 30.5 Å². The summed E-state index contributed by atoms with van der Waals surface area (Å²) in [5, 5.41) is 0. The van der Waals surface area contributed by atoms with E-state index in [1.165, 1.54) is 34.6 Å². The number of nitrogens with zero attached hydrogens (tertiary/aromatic N) is 1. The highest BCUT2D eigenvalue weighted by Crippen LogP contribution is 2.47. The Labute approximate surface area is 159 Å². The molecule has 1 aromatic carbocycles. The summed E-state index contributed by atoms with van der Waals surface area (Å²) < 4.78 is 21.7. The Balaban J connectivity index is 2.64. The summed E-state index contributed by atoms with van der Waals surface area (Å²) in [6, 6.07) is 1.71. The lowest BCUT2D eigenvalue weighted by atomic mass is 9.89. The minimum absolute atomic E-state index is 0.109. The van der Waals surface area contributed by atoms with Gasteiger partial charge in [-0.25, -0.2) is 4.99 Å². The largest absolute Gasteiger partial charge is 0.493 e. The van der Waals surface area contributed by atoms with Crippen molar-refractivity contribution in [3.8, 4) is 17.2 Å². The molecule has 1 aliphatic rings. The molecule has 8 heteroatoms. The van der Waals surface area contributed by atoms with E-state index in [-0.39, 0.29) is 18.0 Å². The van der Waals surface area contributed by atoms with E-state index in [2.05, 4.69) is 20.9 Å². The van der Waals surface area contributed by atoms with Crippen LogP contribution in [0.4, 0.5) is 0 Å². The lowest BCUT2D eigenvalue weighted by molar-refractivity contribution is 0.0952. The van der Waals surface area contributed by atoms with Gasteiger partial charge in [-0.2, -0.15) is 0 Å². The highest BCUT2D eigenvalue weighted by molar-refractivity contribution is 9.11. The minimum Gasteiger partial charge on any atom is -0.493 e. The maximum Gasteiger partial charge on any atom is 0.204 e. The topological polar surface area (TPSA) is 66.4 Å². The molecule has 1 aromatic rings. The van der Waals surface area contributed by atoms with Crippen LogP contribution in [-0.4, -0.2) is 45.0 Å². The van der Waals surface area contributed by atoms with Crippen LogP contribution in [0.3, 0.4) is 0 Å². The number of carbonyl (C=O) groups excluding carboxylic acids is 1. The number of ether oxygens (including phenoxy) is 4. The first-order valence-corrected chi connectivity index (χ1v) is 8.51. The molecule has 6 nitrogen and oxygen atoms in total. The number of benzene rings is 1. The van der Waals surface area contributed by atoms with Crippen LogP contribution in [0.15, 0.2) is 21.7 Å². The summed E-state index contributed by atoms with van der Waals surface area (Å²) in [6.45, 7) is 1.78. The number of hydrogen-bond acceptors (Lipinski definition) is 6. The highest BCUT2D eigenvalue weighted by Gasteiger charge is 2.45. The van der Waals surface area contributed by atoms with E-state index in [9.17, 15) is 4.79 Å². The van der Waals surface area contributed by atoms with Crippen LogP contribution in [0.25, 0.3) is 0 Å². The van der Waals surface area contributed by atoms with Crippen LogP contribution in [0.2, 0.25) is 0 Å². The highest BCUT2D eigenvalue weighted by atomic mass is 79.9. The summed E-state index contributed by atoms with van der Waals surface area (Å²) in [4.78, 5) is 16.1. The predicted octanol–water partition coefficient (Wildman–Crippen LogP) is 3.87. The predicted molar refractivity (Wildman–Crippen MR) is 99.8 cm³/mol. The number of aliphatic imine (C=N–C) groups is 1. The molecule has 0 aliphatic carbocycles. The summed E-state index contributed by atoms with van der Waals surface area (Å²) in [7, 11) is 5.94. The number of alkyl halides is 1. The zero-order chi connectivity index (χ0) is 18.8. The molecular weight excluding hydrogens is 414 g/mol. The van der Waals surface area contributed by atoms with Crippen LogP contribution in [-0.2, 0) is 4.74 Å². The van der Waals surface area contributed by atoms with Gasteiger partial charge in [0.05, 0.1) is 40.4 Å². The SMILES string of the molecule is COC1=NC=C(Br)C(Cl)(C(=O)c2c(C)cc(OC)c(OC)c2OC)C1. The van der Waals surface area contributed by atoms with E-state index >= 15 is 0 Å². The molecule has 1 aliphatic heterocycles. The first kappa shape index (κ1) is 19.6. The second kappa shape index (κ2) is 7.66. The number of rotatable bonds is 5. The molecule has 1 atom stereocenters. The van der Waals surface area contributed by atoms with Gasteiger partial charge >= 0.3 is 0 Å². The van der Waals surface area contributed by atoms with Gasteiger partial charge in [-0.1, -0.05) is 15.9 Å². The molecule has 2 rings (SSSR count).